The Morgan fingerprint density at radius 2 is 2.20 bits per heavy atom. The fraction of sp³-hybridized carbons (Fsp3) is 0.0769. The molecule has 0 saturated heterocycles. The number of carbonyl (C=O) groups is 1. The van der Waals surface area contributed by atoms with E-state index in [0.717, 1.165) is 6.20 Å². The molecule has 0 spiro atoms. The number of hydrogen-bond donors (Lipinski definition) is 2. The number of carboxylic acid groups (broad SMARTS) is 1. The van der Waals surface area contributed by atoms with Crippen molar-refractivity contribution in [2.45, 2.75) is 6.42 Å². The molecular weight excluding hydrogens is 264 g/mol. The summed E-state index contributed by atoms with van der Waals surface area (Å²) in [5, 5.41) is 19.7. The Hall–Kier alpha value is -2.96. The summed E-state index contributed by atoms with van der Waals surface area (Å²) in [6.07, 6.45) is 3.03. The number of allylic oxidation sites excluding steroid dienone is 1. The first-order chi connectivity index (χ1) is 9.47. The monoisotopic (exact) mass is 274 g/mol. The number of nitrogens with zero attached hydrogens (tertiary/aromatic N) is 1. The van der Waals surface area contributed by atoms with Crippen LogP contribution < -0.4 is 5.43 Å². The number of hydrogen-bond acceptors (Lipinski definition) is 4. The third kappa shape index (κ3) is 2.05. The minimum Gasteiger partial charge on any atom is -0.477 e. The number of rotatable bonds is 4. The van der Waals surface area contributed by atoms with Crippen molar-refractivity contribution in [2.75, 3.05) is 0 Å². The predicted molar refractivity (Wildman–Crippen MR) is 72.1 cm³/mol. The second-order valence-corrected chi connectivity index (χ2v) is 4.08. The van der Waals surface area contributed by atoms with Gasteiger partial charge in [-0.2, -0.15) is 0 Å². The lowest BCUT2D eigenvalue weighted by Crippen LogP contribution is -2.17. The number of nitro benzene ring substituents is 1. The highest BCUT2D eigenvalue weighted by Crippen LogP contribution is 2.25. The fourth-order valence-corrected chi connectivity index (χ4v) is 2.01. The highest BCUT2D eigenvalue weighted by molar-refractivity contribution is 5.96. The Labute approximate surface area is 112 Å². The van der Waals surface area contributed by atoms with Gasteiger partial charge in [0.15, 0.2) is 0 Å². The van der Waals surface area contributed by atoms with Crippen molar-refractivity contribution in [1.29, 1.82) is 0 Å². The Morgan fingerprint density at radius 3 is 2.75 bits per heavy atom. The maximum Gasteiger partial charge on any atom is 0.341 e. The van der Waals surface area contributed by atoms with Crippen LogP contribution in [0.25, 0.3) is 10.9 Å². The van der Waals surface area contributed by atoms with Gasteiger partial charge < -0.3 is 10.1 Å². The van der Waals surface area contributed by atoms with Crippen LogP contribution in [0.4, 0.5) is 5.69 Å². The molecule has 2 rings (SSSR count). The minimum atomic E-state index is -1.43. The standard InChI is InChI=1S/C13H10N2O5/c1-2-3-7-4-5-9(15(19)20)10-11(7)14-6-8(12(10)16)13(17)18/h2,4-6H,1,3H2,(H,14,16)(H,17,18). The summed E-state index contributed by atoms with van der Waals surface area (Å²) < 4.78 is 0. The van der Waals surface area contributed by atoms with Gasteiger partial charge in [-0.3, -0.25) is 14.9 Å². The number of benzene rings is 1. The van der Waals surface area contributed by atoms with Gasteiger partial charge in [0, 0.05) is 12.3 Å². The molecule has 2 aromatic rings. The van der Waals surface area contributed by atoms with Crippen LogP contribution in [-0.4, -0.2) is 21.0 Å². The molecule has 1 aromatic heterocycles. The van der Waals surface area contributed by atoms with Crippen molar-refractivity contribution in [3.8, 4) is 0 Å². The van der Waals surface area contributed by atoms with Crippen molar-refractivity contribution in [3.05, 3.63) is 62.4 Å². The topological polar surface area (TPSA) is 113 Å². The Balaban J connectivity index is 2.97. The van der Waals surface area contributed by atoms with Crippen LogP contribution in [-0.2, 0) is 6.42 Å². The summed E-state index contributed by atoms with van der Waals surface area (Å²) in [5.41, 5.74) is -0.930. The van der Waals surface area contributed by atoms with Gasteiger partial charge in [0.2, 0.25) is 5.43 Å². The normalized spacial score (nSPS) is 10.4. The number of nitro groups is 1. The van der Waals surface area contributed by atoms with E-state index < -0.39 is 27.6 Å². The molecule has 7 nitrogen and oxygen atoms in total. The van der Waals surface area contributed by atoms with E-state index in [1.54, 1.807) is 6.08 Å². The molecule has 0 fully saturated rings. The molecule has 102 valence electrons. The van der Waals surface area contributed by atoms with Gasteiger partial charge >= 0.3 is 5.97 Å². The number of H-pyrrole nitrogens is 1. The summed E-state index contributed by atoms with van der Waals surface area (Å²) >= 11 is 0. The fourth-order valence-electron chi connectivity index (χ4n) is 2.01. The summed E-state index contributed by atoms with van der Waals surface area (Å²) in [6.45, 7) is 3.57. The molecule has 0 bridgehead atoms. The molecule has 0 amide bonds. The molecule has 7 heteroatoms. The van der Waals surface area contributed by atoms with E-state index in [1.165, 1.54) is 12.1 Å². The zero-order valence-electron chi connectivity index (χ0n) is 10.3. The third-order valence-electron chi connectivity index (χ3n) is 2.89. The molecule has 0 atom stereocenters. The molecule has 1 heterocycles. The molecule has 0 unspecified atom stereocenters. The number of aromatic carboxylic acids is 1. The van der Waals surface area contributed by atoms with E-state index in [-0.39, 0.29) is 10.9 Å². The summed E-state index contributed by atoms with van der Waals surface area (Å²) in [4.78, 5) is 36.0. The number of fused-ring (bicyclic) bond motifs is 1. The van der Waals surface area contributed by atoms with E-state index in [0.29, 0.717) is 12.0 Å². The first-order valence-corrected chi connectivity index (χ1v) is 5.63. The van der Waals surface area contributed by atoms with Gasteiger partial charge in [-0.25, -0.2) is 4.79 Å². The number of pyridine rings is 1. The van der Waals surface area contributed by atoms with Crippen LogP contribution in [0.3, 0.4) is 0 Å². The van der Waals surface area contributed by atoms with Crippen molar-refractivity contribution in [2.24, 2.45) is 0 Å². The lowest BCUT2D eigenvalue weighted by Gasteiger charge is -2.06. The lowest BCUT2D eigenvalue weighted by molar-refractivity contribution is -0.383. The quantitative estimate of drug-likeness (QED) is 0.502. The Bertz CT molecular complexity index is 791. The number of aromatic amines is 1. The van der Waals surface area contributed by atoms with Crippen LogP contribution in [0, 0.1) is 10.1 Å². The van der Waals surface area contributed by atoms with Crippen LogP contribution >= 0.6 is 0 Å². The zero-order valence-corrected chi connectivity index (χ0v) is 10.3. The van der Waals surface area contributed by atoms with E-state index in [9.17, 15) is 19.7 Å². The highest BCUT2D eigenvalue weighted by Gasteiger charge is 2.21. The molecule has 0 aliphatic carbocycles. The Kier molecular flexibility index (Phi) is 3.34. The van der Waals surface area contributed by atoms with Crippen molar-refractivity contribution >= 4 is 22.6 Å². The average Bonchev–Trinajstić information content (AvgIpc) is 2.39. The lowest BCUT2D eigenvalue weighted by atomic mass is 10.0. The maximum absolute atomic E-state index is 12.1. The first-order valence-electron chi connectivity index (χ1n) is 5.63. The van der Waals surface area contributed by atoms with Crippen LogP contribution in [0.2, 0.25) is 0 Å². The largest absolute Gasteiger partial charge is 0.477 e. The van der Waals surface area contributed by atoms with Gasteiger partial charge in [0.25, 0.3) is 5.69 Å². The van der Waals surface area contributed by atoms with Gasteiger partial charge in [-0.15, -0.1) is 6.58 Å². The first kappa shape index (κ1) is 13.5. The highest BCUT2D eigenvalue weighted by atomic mass is 16.6. The van der Waals surface area contributed by atoms with Gasteiger partial charge in [-0.05, 0) is 18.1 Å². The molecule has 0 aliphatic heterocycles. The summed E-state index contributed by atoms with van der Waals surface area (Å²) in [7, 11) is 0. The number of nitrogens with one attached hydrogen (secondary N) is 1. The second-order valence-electron chi connectivity index (χ2n) is 4.08. The van der Waals surface area contributed by atoms with E-state index in [4.69, 9.17) is 5.11 Å². The number of non-ortho nitro benzene ring substituents is 1. The molecule has 0 aliphatic rings. The van der Waals surface area contributed by atoms with E-state index in [2.05, 4.69) is 11.6 Å². The SMILES string of the molecule is C=CCc1ccc([N+](=O)[O-])c2c(=O)c(C(=O)O)c[nH]c12. The molecule has 1 aromatic carbocycles. The third-order valence-corrected chi connectivity index (χ3v) is 2.89. The minimum absolute atomic E-state index is 0.228. The summed E-state index contributed by atoms with van der Waals surface area (Å²) in [6, 6.07) is 2.71. The van der Waals surface area contributed by atoms with Crippen molar-refractivity contribution < 1.29 is 14.8 Å². The van der Waals surface area contributed by atoms with Gasteiger partial charge in [0.05, 0.1) is 10.4 Å². The summed E-state index contributed by atoms with van der Waals surface area (Å²) in [5.74, 6) is -1.43. The molecular formula is C13H10N2O5. The molecule has 0 radical (unpaired) electrons. The molecule has 20 heavy (non-hydrogen) atoms. The predicted octanol–water partition coefficient (Wildman–Crippen LogP) is 1.86. The Morgan fingerprint density at radius 1 is 1.50 bits per heavy atom. The second kappa shape index (κ2) is 4.96. The molecule has 0 saturated carbocycles. The van der Waals surface area contributed by atoms with Crippen molar-refractivity contribution in [1.82, 2.24) is 4.98 Å². The molecule has 2 N–H and O–H groups in total. The van der Waals surface area contributed by atoms with E-state index >= 15 is 0 Å². The smallest absolute Gasteiger partial charge is 0.341 e. The van der Waals surface area contributed by atoms with Crippen molar-refractivity contribution in [3.63, 3.8) is 0 Å². The van der Waals surface area contributed by atoms with Crippen LogP contribution in [0.1, 0.15) is 15.9 Å². The van der Waals surface area contributed by atoms with Crippen LogP contribution in [0.15, 0.2) is 35.8 Å². The van der Waals surface area contributed by atoms with Crippen LogP contribution in [0.5, 0.6) is 0 Å². The zero-order chi connectivity index (χ0) is 14.9. The maximum atomic E-state index is 12.1. The van der Waals surface area contributed by atoms with E-state index in [1.807, 2.05) is 0 Å². The number of carboxylic acids is 1. The van der Waals surface area contributed by atoms with Gasteiger partial charge in [-0.1, -0.05) is 6.08 Å². The number of aromatic nitrogens is 1. The average molecular weight is 274 g/mol. The van der Waals surface area contributed by atoms with Gasteiger partial charge in [0.1, 0.15) is 10.9 Å².